The summed E-state index contributed by atoms with van der Waals surface area (Å²) < 4.78 is 2.10. The Morgan fingerprint density at radius 3 is 2.19 bits per heavy atom. The van der Waals surface area contributed by atoms with Crippen molar-refractivity contribution in [2.75, 3.05) is 17.6 Å². The summed E-state index contributed by atoms with van der Waals surface area (Å²) in [5.74, 6) is -0.348. The number of anilines is 2. The molecule has 0 atom stereocenters. The summed E-state index contributed by atoms with van der Waals surface area (Å²) in [4.78, 5) is 25.8. The molecule has 1 heterocycles. The van der Waals surface area contributed by atoms with Crippen LogP contribution in [0.15, 0.2) is 60.9 Å². The van der Waals surface area contributed by atoms with Crippen LogP contribution < -0.4 is 11.1 Å². The van der Waals surface area contributed by atoms with Crippen LogP contribution in [0.5, 0.6) is 0 Å². The molecule has 0 unspecified atom stereocenters. The number of hydrogen-bond acceptors (Lipinski definition) is 4. The number of hydrogen-bond donors (Lipinski definition) is 2. The quantitative estimate of drug-likeness (QED) is 0.429. The Balaban J connectivity index is 1.62. The minimum Gasteiger partial charge on any atom is -0.398 e. The first-order valence-corrected chi connectivity index (χ1v) is 8.62. The van der Waals surface area contributed by atoms with Crippen LogP contribution in [0.3, 0.4) is 0 Å². The summed E-state index contributed by atoms with van der Waals surface area (Å²) in [7, 11) is 0. The zero-order chi connectivity index (χ0) is 18.1. The van der Waals surface area contributed by atoms with E-state index in [-0.39, 0.29) is 11.6 Å². The van der Waals surface area contributed by atoms with Crippen LogP contribution in [0.1, 0.15) is 38.3 Å². The zero-order valence-corrected chi connectivity index (χ0v) is 14.2. The van der Waals surface area contributed by atoms with E-state index in [0.29, 0.717) is 40.2 Å². The number of fused-ring (bicyclic) bond motifs is 2. The van der Waals surface area contributed by atoms with Gasteiger partial charge in [0, 0.05) is 48.0 Å². The average Bonchev–Trinajstić information content (AvgIpc) is 3.17. The highest BCUT2D eigenvalue weighted by Gasteiger charge is 2.33. The van der Waals surface area contributed by atoms with Gasteiger partial charge in [0.1, 0.15) is 0 Å². The number of benzene rings is 2. The molecule has 130 valence electrons. The first kappa shape index (κ1) is 16.1. The average molecular weight is 345 g/mol. The third-order valence-electron chi connectivity index (χ3n) is 4.68. The van der Waals surface area contributed by atoms with E-state index in [1.807, 2.05) is 24.5 Å². The first-order valence-electron chi connectivity index (χ1n) is 8.62. The first-order chi connectivity index (χ1) is 12.7. The minimum atomic E-state index is -0.191. The number of rotatable bonds is 5. The lowest BCUT2D eigenvalue weighted by molar-refractivity contribution is 0.0980. The second-order valence-corrected chi connectivity index (χ2v) is 6.36. The van der Waals surface area contributed by atoms with Crippen LogP contribution in [-0.4, -0.2) is 22.7 Å². The van der Waals surface area contributed by atoms with Gasteiger partial charge in [0.25, 0.3) is 0 Å². The van der Waals surface area contributed by atoms with Crippen molar-refractivity contribution in [3.8, 4) is 0 Å². The molecule has 0 radical (unpaired) electrons. The number of nitrogens with one attached hydrogen (secondary N) is 1. The smallest absolute Gasteiger partial charge is 0.196 e. The predicted molar refractivity (Wildman–Crippen MR) is 102 cm³/mol. The Morgan fingerprint density at radius 1 is 0.846 bits per heavy atom. The largest absolute Gasteiger partial charge is 0.398 e. The molecule has 0 fully saturated rings. The van der Waals surface area contributed by atoms with E-state index < -0.39 is 0 Å². The van der Waals surface area contributed by atoms with Crippen molar-refractivity contribution in [1.82, 2.24) is 4.57 Å². The second kappa shape index (κ2) is 6.52. The Kier molecular flexibility index (Phi) is 4.05. The molecular formula is C21H19N3O2. The highest BCUT2D eigenvalue weighted by molar-refractivity contribution is 6.31. The van der Waals surface area contributed by atoms with E-state index in [2.05, 4.69) is 9.88 Å². The van der Waals surface area contributed by atoms with Gasteiger partial charge in [0.15, 0.2) is 11.6 Å². The van der Waals surface area contributed by atoms with Gasteiger partial charge >= 0.3 is 0 Å². The molecule has 2 aromatic carbocycles. The molecular weight excluding hydrogens is 326 g/mol. The molecule has 26 heavy (non-hydrogen) atoms. The standard InChI is InChI=1S/C21H19N3O2/c22-16-8-9-17(23-10-5-13-24-11-3-4-12-24)19-18(16)20(25)14-6-1-2-7-15(14)21(19)26/h1-4,6-9,11-12,23H,5,10,13,22H2. The zero-order valence-electron chi connectivity index (χ0n) is 14.2. The summed E-state index contributed by atoms with van der Waals surface area (Å²) in [6.07, 6.45) is 4.93. The maximum atomic E-state index is 13.0. The summed E-state index contributed by atoms with van der Waals surface area (Å²) >= 11 is 0. The third-order valence-corrected chi connectivity index (χ3v) is 4.68. The van der Waals surface area contributed by atoms with Gasteiger partial charge in [-0.2, -0.15) is 0 Å². The summed E-state index contributed by atoms with van der Waals surface area (Å²) in [6.45, 7) is 1.57. The van der Waals surface area contributed by atoms with E-state index in [4.69, 9.17) is 5.73 Å². The molecule has 3 N–H and O–H groups in total. The van der Waals surface area contributed by atoms with Crippen LogP contribution in [0.2, 0.25) is 0 Å². The van der Waals surface area contributed by atoms with Crippen molar-refractivity contribution < 1.29 is 9.59 Å². The number of ketones is 2. The van der Waals surface area contributed by atoms with Gasteiger partial charge in [-0.3, -0.25) is 9.59 Å². The highest BCUT2D eigenvalue weighted by atomic mass is 16.1. The fourth-order valence-electron chi connectivity index (χ4n) is 3.40. The minimum absolute atomic E-state index is 0.157. The topological polar surface area (TPSA) is 77.1 Å². The Bertz CT molecular complexity index is 990. The number of carbonyl (C=O) groups excluding carboxylic acids is 2. The number of aryl methyl sites for hydroxylation is 1. The van der Waals surface area contributed by atoms with Gasteiger partial charge in [0.05, 0.1) is 11.1 Å². The maximum Gasteiger partial charge on any atom is 0.196 e. The maximum absolute atomic E-state index is 13.0. The molecule has 5 heteroatoms. The molecule has 0 amide bonds. The third kappa shape index (κ3) is 2.67. The Hall–Kier alpha value is -3.34. The van der Waals surface area contributed by atoms with Crippen molar-refractivity contribution in [3.63, 3.8) is 0 Å². The van der Waals surface area contributed by atoms with E-state index >= 15 is 0 Å². The molecule has 0 saturated carbocycles. The molecule has 4 rings (SSSR count). The van der Waals surface area contributed by atoms with E-state index in [1.165, 1.54) is 0 Å². The van der Waals surface area contributed by atoms with Crippen LogP contribution in [0.4, 0.5) is 11.4 Å². The van der Waals surface area contributed by atoms with Crippen molar-refractivity contribution in [3.05, 3.63) is 83.2 Å². The van der Waals surface area contributed by atoms with E-state index in [0.717, 1.165) is 13.0 Å². The fourth-order valence-corrected chi connectivity index (χ4v) is 3.40. The molecule has 0 spiro atoms. The highest BCUT2D eigenvalue weighted by Crippen LogP contribution is 2.35. The van der Waals surface area contributed by atoms with Crippen molar-refractivity contribution in [2.45, 2.75) is 13.0 Å². The fraction of sp³-hybridized carbons (Fsp3) is 0.143. The summed E-state index contributed by atoms with van der Waals surface area (Å²) in [6, 6.07) is 14.3. The summed E-state index contributed by atoms with van der Waals surface area (Å²) in [5, 5.41) is 3.30. The molecule has 0 bridgehead atoms. The van der Waals surface area contributed by atoms with Gasteiger partial charge < -0.3 is 15.6 Å². The lowest BCUT2D eigenvalue weighted by Gasteiger charge is -2.22. The van der Waals surface area contributed by atoms with Gasteiger partial charge in [-0.05, 0) is 30.7 Å². The lowest BCUT2D eigenvalue weighted by Crippen LogP contribution is -2.24. The monoisotopic (exact) mass is 345 g/mol. The van der Waals surface area contributed by atoms with Crippen molar-refractivity contribution >= 4 is 22.9 Å². The van der Waals surface area contributed by atoms with Crippen molar-refractivity contribution in [2.24, 2.45) is 0 Å². The number of nitrogens with zero attached hydrogens (tertiary/aromatic N) is 1. The number of nitrogens with two attached hydrogens (primary N) is 1. The second-order valence-electron chi connectivity index (χ2n) is 6.36. The van der Waals surface area contributed by atoms with Gasteiger partial charge in [-0.15, -0.1) is 0 Å². The molecule has 0 aliphatic heterocycles. The molecule has 1 aliphatic carbocycles. The number of nitrogen functional groups attached to an aromatic ring is 1. The van der Waals surface area contributed by atoms with Gasteiger partial charge in [0.2, 0.25) is 0 Å². The molecule has 5 nitrogen and oxygen atoms in total. The van der Waals surface area contributed by atoms with E-state index in [9.17, 15) is 9.59 Å². The Morgan fingerprint density at radius 2 is 1.50 bits per heavy atom. The van der Waals surface area contributed by atoms with E-state index in [1.54, 1.807) is 36.4 Å². The SMILES string of the molecule is Nc1ccc(NCCCn2cccc2)c2c1C(=O)c1ccccc1C2=O. The molecule has 0 saturated heterocycles. The summed E-state index contributed by atoms with van der Waals surface area (Å²) in [5.41, 5.74) is 8.58. The molecule has 3 aromatic rings. The van der Waals surface area contributed by atoms with Crippen LogP contribution in [-0.2, 0) is 6.54 Å². The van der Waals surface area contributed by atoms with Crippen LogP contribution in [0.25, 0.3) is 0 Å². The molecule has 1 aromatic heterocycles. The number of carbonyl (C=O) groups is 2. The predicted octanol–water partition coefficient (Wildman–Crippen LogP) is 3.35. The molecule has 1 aliphatic rings. The number of aromatic nitrogens is 1. The lowest BCUT2D eigenvalue weighted by atomic mass is 9.82. The normalized spacial score (nSPS) is 12.6. The van der Waals surface area contributed by atoms with Crippen LogP contribution >= 0.6 is 0 Å². The van der Waals surface area contributed by atoms with Gasteiger partial charge in [-0.25, -0.2) is 0 Å². The Labute approximate surface area is 151 Å². The van der Waals surface area contributed by atoms with Crippen LogP contribution in [0, 0.1) is 0 Å². The van der Waals surface area contributed by atoms with Crippen molar-refractivity contribution in [1.29, 1.82) is 0 Å². The van der Waals surface area contributed by atoms with Gasteiger partial charge in [-0.1, -0.05) is 24.3 Å².